The Morgan fingerprint density at radius 2 is 2.33 bits per heavy atom. The Bertz CT molecular complexity index is 619. The van der Waals surface area contributed by atoms with E-state index in [1.54, 1.807) is 0 Å². The summed E-state index contributed by atoms with van der Waals surface area (Å²) in [5.41, 5.74) is 8.24. The number of nitrogens with two attached hydrogens (primary N) is 1. The molecule has 0 aliphatic carbocycles. The maximum atomic E-state index is 12.1. The highest BCUT2D eigenvalue weighted by Gasteiger charge is 2.19. The number of amides is 1. The van der Waals surface area contributed by atoms with Crippen LogP contribution < -0.4 is 11.1 Å². The van der Waals surface area contributed by atoms with Crippen LogP contribution in [0.5, 0.6) is 0 Å². The van der Waals surface area contributed by atoms with Crippen molar-refractivity contribution in [3.8, 4) is 0 Å². The molecule has 1 aromatic heterocycles. The lowest BCUT2D eigenvalue weighted by molar-refractivity contribution is -0.122. The zero-order valence-corrected chi connectivity index (χ0v) is 12.8. The molecule has 2 heterocycles. The van der Waals surface area contributed by atoms with Crippen LogP contribution in [0.4, 0.5) is 0 Å². The highest BCUT2D eigenvalue weighted by atomic mass is 32.2. The molecule has 21 heavy (non-hydrogen) atoms. The second-order valence-electron chi connectivity index (χ2n) is 5.64. The molecule has 1 saturated heterocycles. The van der Waals surface area contributed by atoms with E-state index in [0.29, 0.717) is 12.3 Å². The number of carbonyl (C=O) groups is 1. The van der Waals surface area contributed by atoms with Gasteiger partial charge >= 0.3 is 0 Å². The summed E-state index contributed by atoms with van der Waals surface area (Å²) >= 11 is 1.96. The Kier molecular flexibility index (Phi) is 4.51. The van der Waals surface area contributed by atoms with Crippen LogP contribution >= 0.6 is 11.8 Å². The number of benzene rings is 1. The topological polar surface area (TPSA) is 70.9 Å². The monoisotopic (exact) mass is 303 g/mol. The summed E-state index contributed by atoms with van der Waals surface area (Å²) < 4.78 is 0. The molecule has 3 rings (SSSR count). The van der Waals surface area contributed by atoms with Gasteiger partial charge in [0, 0.05) is 23.6 Å². The molecule has 1 amide bonds. The van der Waals surface area contributed by atoms with Crippen molar-refractivity contribution in [2.24, 2.45) is 11.7 Å². The second-order valence-corrected chi connectivity index (χ2v) is 6.79. The number of aromatic nitrogens is 1. The Labute approximate surface area is 128 Å². The molecule has 1 unspecified atom stereocenters. The predicted molar refractivity (Wildman–Crippen MR) is 88.4 cm³/mol. The Morgan fingerprint density at radius 3 is 3.14 bits per heavy atom. The Morgan fingerprint density at radius 1 is 1.48 bits per heavy atom. The quantitative estimate of drug-likeness (QED) is 0.790. The lowest BCUT2D eigenvalue weighted by atomic mass is 10.0. The molecule has 1 fully saturated rings. The molecule has 2 atom stereocenters. The van der Waals surface area contributed by atoms with Gasteiger partial charge in [0.2, 0.25) is 5.91 Å². The molecule has 1 aliphatic heterocycles. The number of fused-ring (bicyclic) bond motifs is 1. The zero-order valence-electron chi connectivity index (χ0n) is 12.0. The van der Waals surface area contributed by atoms with Crippen LogP contribution in [0, 0.1) is 5.92 Å². The fraction of sp³-hybridized carbons (Fsp3) is 0.438. The Hall–Kier alpha value is -1.46. The van der Waals surface area contributed by atoms with E-state index in [1.807, 2.05) is 36.2 Å². The molecule has 5 heteroatoms. The summed E-state index contributed by atoms with van der Waals surface area (Å²) in [6.07, 6.45) is 3.71. The summed E-state index contributed by atoms with van der Waals surface area (Å²) in [7, 11) is 0. The number of carbonyl (C=O) groups excluding carboxylic acids is 1. The third kappa shape index (κ3) is 3.41. The molecular weight excluding hydrogens is 282 g/mol. The van der Waals surface area contributed by atoms with E-state index in [1.165, 1.54) is 12.2 Å². The normalized spacial score (nSPS) is 19.8. The molecule has 0 spiro atoms. The van der Waals surface area contributed by atoms with Crippen LogP contribution in [0.2, 0.25) is 0 Å². The number of aromatic amines is 1. The number of thioether (sulfide) groups is 1. The largest absolute Gasteiger partial charge is 0.361 e. The van der Waals surface area contributed by atoms with Crippen LogP contribution in [0.25, 0.3) is 10.9 Å². The summed E-state index contributed by atoms with van der Waals surface area (Å²) in [6, 6.07) is 7.60. The van der Waals surface area contributed by atoms with Crippen molar-refractivity contribution in [2.45, 2.75) is 18.9 Å². The molecule has 1 aromatic carbocycles. The van der Waals surface area contributed by atoms with Crippen LogP contribution in [0.15, 0.2) is 30.5 Å². The Balaban J connectivity index is 1.57. The fourth-order valence-electron chi connectivity index (χ4n) is 2.75. The maximum Gasteiger partial charge on any atom is 0.237 e. The molecule has 0 saturated carbocycles. The van der Waals surface area contributed by atoms with E-state index >= 15 is 0 Å². The van der Waals surface area contributed by atoms with E-state index < -0.39 is 6.04 Å². The summed E-state index contributed by atoms with van der Waals surface area (Å²) in [4.78, 5) is 15.3. The van der Waals surface area contributed by atoms with E-state index in [0.717, 1.165) is 28.8 Å². The van der Waals surface area contributed by atoms with Crippen molar-refractivity contribution in [2.75, 3.05) is 18.1 Å². The van der Waals surface area contributed by atoms with Gasteiger partial charge in [0.25, 0.3) is 0 Å². The van der Waals surface area contributed by atoms with Crippen molar-refractivity contribution >= 4 is 28.6 Å². The van der Waals surface area contributed by atoms with Crippen LogP contribution in [0.3, 0.4) is 0 Å². The standard InChI is InChI=1S/C16H21N3OS/c17-14(16(20)19-8-11-5-6-21-10-11)7-12-9-18-15-4-2-1-3-13(12)15/h1-4,9,11,14,18H,5-8,10,17H2,(H,19,20)/t11?,14-/m1/s1. The number of H-pyrrole nitrogens is 1. The van der Waals surface area contributed by atoms with Gasteiger partial charge in [-0.1, -0.05) is 18.2 Å². The minimum atomic E-state index is -0.488. The van der Waals surface area contributed by atoms with Gasteiger partial charge in [0.05, 0.1) is 6.04 Å². The van der Waals surface area contributed by atoms with Crippen LogP contribution in [-0.4, -0.2) is 35.0 Å². The number of hydrogen-bond donors (Lipinski definition) is 3. The van der Waals surface area contributed by atoms with E-state index in [-0.39, 0.29) is 5.91 Å². The molecule has 2 aromatic rings. The summed E-state index contributed by atoms with van der Waals surface area (Å²) in [5.74, 6) is 2.93. The molecule has 112 valence electrons. The maximum absolute atomic E-state index is 12.1. The minimum absolute atomic E-state index is 0.0443. The number of rotatable bonds is 5. The van der Waals surface area contributed by atoms with Crippen LogP contribution in [-0.2, 0) is 11.2 Å². The second kappa shape index (κ2) is 6.54. The molecular formula is C16H21N3OS. The first-order valence-corrected chi connectivity index (χ1v) is 8.55. The van der Waals surface area contributed by atoms with Crippen LogP contribution in [0.1, 0.15) is 12.0 Å². The smallest absolute Gasteiger partial charge is 0.237 e. The van der Waals surface area contributed by atoms with E-state index in [4.69, 9.17) is 5.73 Å². The SMILES string of the molecule is N[C@H](Cc1c[nH]c2ccccc12)C(=O)NCC1CCSC1. The fourth-order valence-corrected chi connectivity index (χ4v) is 4.03. The van der Waals surface area contributed by atoms with Crippen molar-refractivity contribution in [3.63, 3.8) is 0 Å². The highest BCUT2D eigenvalue weighted by molar-refractivity contribution is 7.99. The first-order chi connectivity index (χ1) is 10.2. The van der Waals surface area contributed by atoms with Gasteiger partial charge in [-0.2, -0.15) is 11.8 Å². The van der Waals surface area contributed by atoms with Gasteiger partial charge in [-0.15, -0.1) is 0 Å². The van der Waals surface area contributed by atoms with Gasteiger partial charge in [0.1, 0.15) is 0 Å². The molecule has 1 aliphatic rings. The minimum Gasteiger partial charge on any atom is -0.361 e. The van der Waals surface area contributed by atoms with Crippen molar-refractivity contribution in [3.05, 3.63) is 36.0 Å². The summed E-state index contributed by atoms with van der Waals surface area (Å²) in [6.45, 7) is 0.757. The highest BCUT2D eigenvalue weighted by Crippen LogP contribution is 2.22. The lowest BCUT2D eigenvalue weighted by Crippen LogP contribution is -2.43. The first kappa shape index (κ1) is 14.5. The van der Waals surface area contributed by atoms with Crippen molar-refractivity contribution in [1.82, 2.24) is 10.3 Å². The number of nitrogens with one attached hydrogen (secondary N) is 2. The molecule has 4 nitrogen and oxygen atoms in total. The van der Waals surface area contributed by atoms with Gasteiger partial charge in [-0.05, 0) is 41.9 Å². The average Bonchev–Trinajstić information content (AvgIpc) is 3.15. The van der Waals surface area contributed by atoms with Gasteiger partial charge in [0.15, 0.2) is 0 Å². The van der Waals surface area contributed by atoms with Gasteiger partial charge in [-0.3, -0.25) is 4.79 Å². The average molecular weight is 303 g/mol. The number of hydrogen-bond acceptors (Lipinski definition) is 3. The molecule has 4 N–H and O–H groups in total. The first-order valence-electron chi connectivity index (χ1n) is 7.40. The lowest BCUT2D eigenvalue weighted by Gasteiger charge is -2.14. The third-order valence-corrected chi connectivity index (χ3v) is 5.27. The third-order valence-electron chi connectivity index (χ3n) is 4.04. The van der Waals surface area contributed by atoms with E-state index in [9.17, 15) is 4.79 Å². The van der Waals surface area contributed by atoms with E-state index in [2.05, 4.69) is 16.4 Å². The van der Waals surface area contributed by atoms with Crippen molar-refractivity contribution in [1.29, 1.82) is 0 Å². The number of para-hydroxylation sites is 1. The van der Waals surface area contributed by atoms with Gasteiger partial charge < -0.3 is 16.0 Å². The van der Waals surface area contributed by atoms with Gasteiger partial charge in [-0.25, -0.2) is 0 Å². The predicted octanol–water partition coefficient (Wildman–Crippen LogP) is 1.91. The molecule has 0 bridgehead atoms. The zero-order chi connectivity index (χ0) is 14.7. The van der Waals surface area contributed by atoms with Crippen molar-refractivity contribution < 1.29 is 4.79 Å². The summed E-state index contributed by atoms with van der Waals surface area (Å²) in [5, 5.41) is 4.14. The molecule has 0 radical (unpaired) electrons.